The molecule has 1 fully saturated rings. The van der Waals surface area contributed by atoms with E-state index in [1.165, 1.54) is 0 Å². The van der Waals surface area contributed by atoms with Gasteiger partial charge in [0, 0.05) is 52.6 Å². The van der Waals surface area contributed by atoms with Crippen LogP contribution in [0.5, 0.6) is 0 Å². The first kappa shape index (κ1) is 18.0. The van der Waals surface area contributed by atoms with Gasteiger partial charge in [0.05, 0.1) is 0 Å². The van der Waals surface area contributed by atoms with E-state index in [1.54, 1.807) is 12.4 Å². The number of rotatable bonds is 4. The number of carbonyl (C=O) groups is 1. The van der Waals surface area contributed by atoms with E-state index in [1.807, 2.05) is 25.1 Å². The lowest BCUT2D eigenvalue weighted by molar-refractivity contribution is -0.122. The van der Waals surface area contributed by atoms with E-state index in [0.29, 0.717) is 6.54 Å². The number of carbonyl (C=O) groups excluding carboxylic acids is 1. The minimum atomic E-state index is 0.0563. The summed E-state index contributed by atoms with van der Waals surface area (Å²) in [4.78, 5) is 23.4. The molecular weight excluding hydrogens is 406 g/mol. The Bertz CT molecular complexity index is 948. The predicted molar refractivity (Wildman–Crippen MR) is 110 cm³/mol. The van der Waals surface area contributed by atoms with Crippen LogP contribution in [0.2, 0.25) is 0 Å². The van der Waals surface area contributed by atoms with Crippen LogP contribution in [0.1, 0.15) is 18.5 Å². The van der Waals surface area contributed by atoms with Crippen molar-refractivity contribution < 1.29 is 4.79 Å². The lowest BCUT2D eigenvalue weighted by atomic mass is 10.1. The number of nitrogens with zero attached hydrogens (tertiary/aromatic N) is 4. The molecule has 0 aliphatic carbocycles. The summed E-state index contributed by atoms with van der Waals surface area (Å²) in [7, 11) is 0. The van der Waals surface area contributed by atoms with Crippen molar-refractivity contribution in [3.05, 3.63) is 52.9 Å². The number of amides is 1. The Hall–Kier alpha value is -2.41. The molecule has 0 spiro atoms. The fourth-order valence-electron chi connectivity index (χ4n) is 3.69. The molecule has 1 N–H and O–H groups in total. The van der Waals surface area contributed by atoms with E-state index in [9.17, 15) is 4.79 Å². The van der Waals surface area contributed by atoms with Gasteiger partial charge < -0.3 is 14.8 Å². The molecule has 6 nitrogen and oxygen atoms in total. The maximum Gasteiger partial charge on any atom is 0.240 e. The van der Waals surface area contributed by atoms with Crippen LogP contribution in [0.15, 0.2) is 47.2 Å². The molecule has 0 saturated carbocycles. The van der Waals surface area contributed by atoms with Crippen molar-refractivity contribution in [3.63, 3.8) is 0 Å². The van der Waals surface area contributed by atoms with E-state index < -0.39 is 0 Å². The van der Waals surface area contributed by atoms with Crippen LogP contribution in [0.4, 0.5) is 5.95 Å². The molecule has 27 heavy (non-hydrogen) atoms. The second kappa shape index (κ2) is 7.68. The van der Waals surface area contributed by atoms with E-state index in [-0.39, 0.29) is 11.9 Å². The smallest absolute Gasteiger partial charge is 0.240 e. The number of hydrogen-bond donors (Lipinski definition) is 1. The van der Waals surface area contributed by atoms with Gasteiger partial charge in [0.15, 0.2) is 0 Å². The monoisotopic (exact) mass is 427 g/mol. The molecule has 3 heterocycles. The lowest BCUT2D eigenvalue weighted by Gasteiger charge is -2.32. The van der Waals surface area contributed by atoms with Crippen molar-refractivity contribution in [2.75, 3.05) is 18.0 Å². The normalized spacial score (nSPS) is 15.3. The molecule has 2 aromatic heterocycles. The van der Waals surface area contributed by atoms with Gasteiger partial charge in [0.1, 0.15) is 6.54 Å². The van der Waals surface area contributed by atoms with Gasteiger partial charge in [-0.1, -0.05) is 18.2 Å². The average Bonchev–Trinajstić information content (AvgIpc) is 2.94. The molecule has 7 heteroatoms. The van der Waals surface area contributed by atoms with Gasteiger partial charge in [0.25, 0.3) is 0 Å². The third-order valence-electron chi connectivity index (χ3n) is 5.15. The van der Waals surface area contributed by atoms with Crippen molar-refractivity contribution in [3.8, 4) is 0 Å². The van der Waals surface area contributed by atoms with Crippen molar-refractivity contribution in [2.45, 2.75) is 32.4 Å². The molecule has 0 atom stereocenters. The molecule has 1 aliphatic heterocycles. The number of aromatic nitrogens is 3. The maximum atomic E-state index is 12.7. The van der Waals surface area contributed by atoms with Gasteiger partial charge in [0.2, 0.25) is 11.9 Å². The van der Waals surface area contributed by atoms with Gasteiger partial charge in [-0.25, -0.2) is 9.97 Å². The van der Waals surface area contributed by atoms with Crippen LogP contribution in [0.25, 0.3) is 10.9 Å². The molecule has 0 bridgehead atoms. The zero-order valence-corrected chi connectivity index (χ0v) is 16.8. The molecular formula is C20H22BrN5O. The van der Waals surface area contributed by atoms with Crippen molar-refractivity contribution in [2.24, 2.45) is 0 Å². The Morgan fingerprint density at radius 3 is 2.63 bits per heavy atom. The third kappa shape index (κ3) is 3.69. The summed E-state index contributed by atoms with van der Waals surface area (Å²) in [5, 5.41) is 4.34. The highest BCUT2D eigenvalue weighted by Crippen LogP contribution is 2.30. The van der Waals surface area contributed by atoms with Gasteiger partial charge in [-0.05, 0) is 47.8 Å². The molecule has 1 amide bonds. The molecule has 0 unspecified atom stereocenters. The number of halogens is 1. The number of piperidine rings is 1. The Morgan fingerprint density at radius 1 is 1.19 bits per heavy atom. The predicted octanol–water partition coefficient (Wildman–Crippen LogP) is 3.29. The summed E-state index contributed by atoms with van der Waals surface area (Å²) in [6, 6.07) is 10.2. The van der Waals surface area contributed by atoms with Crippen LogP contribution in [0, 0.1) is 6.92 Å². The maximum absolute atomic E-state index is 12.7. The summed E-state index contributed by atoms with van der Waals surface area (Å²) < 4.78 is 3.13. The molecule has 1 aliphatic rings. The van der Waals surface area contributed by atoms with Crippen molar-refractivity contribution in [1.82, 2.24) is 19.9 Å². The molecule has 1 saturated heterocycles. The minimum Gasteiger partial charge on any atom is -0.352 e. The van der Waals surface area contributed by atoms with Gasteiger partial charge in [-0.3, -0.25) is 4.79 Å². The highest BCUT2D eigenvalue weighted by Gasteiger charge is 2.23. The second-order valence-corrected chi connectivity index (χ2v) is 7.67. The quantitative estimate of drug-likeness (QED) is 0.693. The van der Waals surface area contributed by atoms with Crippen LogP contribution in [-0.2, 0) is 11.3 Å². The van der Waals surface area contributed by atoms with Crippen LogP contribution in [0.3, 0.4) is 0 Å². The lowest BCUT2D eigenvalue weighted by Crippen LogP contribution is -2.46. The molecule has 0 radical (unpaired) electrons. The van der Waals surface area contributed by atoms with Crippen molar-refractivity contribution in [1.29, 1.82) is 0 Å². The topological polar surface area (TPSA) is 63.1 Å². The van der Waals surface area contributed by atoms with Crippen molar-refractivity contribution >= 4 is 38.7 Å². The summed E-state index contributed by atoms with van der Waals surface area (Å²) in [6.45, 7) is 4.08. The van der Waals surface area contributed by atoms with Crippen LogP contribution >= 0.6 is 15.9 Å². The van der Waals surface area contributed by atoms with Gasteiger partial charge in [-0.15, -0.1) is 0 Å². The molecule has 4 rings (SSSR count). The zero-order valence-electron chi connectivity index (χ0n) is 15.2. The van der Waals surface area contributed by atoms with E-state index in [4.69, 9.17) is 0 Å². The Balaban J connectivity index is 1.38. The fraction of sp³-hybridized carbons (Fsp3) is 0.350. The summed E-state index contributed by atoms with van der Waals surface area (Å²) >= 11 is 3.65. The number of fused-ring (bicyclic) bond motifs is 1. The minimum absolute atomic E-state index is 0.0563. The number of benzene rings is 1. The fourth-order valence-corrected chi connectivity index (χ4v) is 4.24. The zero-order chi connectivity index (χ0) is 18.8. The summed E-state index contributed by atoms with van der Waals surface area (Å²) in [6.07, 6.45) is 5.33. The molecule has 140 valence electrons. The number of para-hydroxylation sites is 1. The highest BCUT2D eigenvalue weighted by atomic mass is 79.9. The number of nitrogens with one attached hydrogen (secondary N) is 1. The second-order valence-electron chi connectivity index (χ2n) is 6.88. The largest absolute Gasteiger partial charge is 0.352 e. The highest BCUT2D eigenvalue weighted by molar-refractivity contribution is 9.10. The van der Waals surface area contributed by atoms with Crippen LogP contribution < -0.4 is 10.2 Å². The van der Waals surface area contributed by atoms with E-state index >= 15 is 0 Å². The molecule has 1 aromatic carbocycles. The Labute approximate surface area is 166 Å². The first-order chi connectivity index (χ1) is 13.1. The average molecular weight is 428 g/mol. The van der Waals surface area contributed by atoms with Gasteiger partial charge >= 0.3 is 0 Å². The standard InChI is InChI=1S/C20H22BrN5O/c1-14-19(21)16-5-2-3-6-17(16)26(14)13-18(27)24-15-7-11-25(12-8-15)20-22-9-4-10-23-20/h2-6,9-10,15H,7-8,11-13H2,1H3,(H,24,27). The van der Waals surface area contributed by atoms with Gasteiger partial charge in [-0.2, -0.15) is 0 Å². The van der Waals surface area contributed by atoms with E-state index in [0.717, 1.165) is 52.9 Å². The van der Waals surface area contributed by atoms with Crippen LogP contribution in [-0.4, -0.2) is 39.6 Å². The Morgan fingerprint density at radius 2 is 1.89 bits per heavy atom. The number of anilines is 1. The van der Waals surface area contributed by atoms with E-state index in [2.05, 4.69) is 52.8 Å². The summed E-state index contributed by atoms with van der Waals surface area (Å²) in [5.74, 6) is 0.822. The first-order valence-corrected chi connectivity index (χ1v) is 9.97. The molecule has 3 aromatic rings. The number of hydrogen-bond acceptors (Lipinski definition) is 4. The Kier molecular flexibility index (Phi) is 5.11. The summed E-state index contributed by atoms with van der Waals surface area (Å²) in [5.41, 5.74) is 2.15. The SMILES string of the molecule is Cc1c(Br)c2ccccc2n1CC(=O)NC1CCN(c2ncccn2)CC1. The third-order valence-corrected chi connectivity index (χ3v) is 6.15. The first-order valence-electron chi connectivity index (χ1n) is 9.18.